The monoisotopic (exact) mass is 433 g/mol. The third kappa shape index (κ3) is 5.04. The van der Waals surface area contributed by atoms with Gasteiger partial charge < -0.3 is 10.2 Å². The highest BCUT2D eigenvalue weighted by Gasteiger charge is 2.54. The predicted octanol–water partition coefficient (Wildman–Crippen LogP) is 3.68. The molecule has 5 nitrogen and oxygen atoms in total. The fourth-order valence-corrected chi connectivity index (χ4v) is 5.04. The number of carbonyl (C=O) groups is 2. The van der Waals surface area contributed by atoms with Gasteiger partial charge in [-0.1, -0.05) is 81.4 Å². The molecule has 170 valence electrons. The number of carbonyl (C=O) groups excluding carboxylic acids is 2. The second kappa shape index (κ2) is 8.70. The lowest BCUT2D eigenvalue weighted by Gasteiger charge is -2.41. The van der Waals surface area contributed by atoms with Gasteiger partial charge in [-0.25, -0.2) is 0 Å². The van der Waals surface area contributed by atoms with Crippen LogP contribution in [0.25, 0.3) is 0 Å². The van der Waals surface area contributed by atoms with Gasteiger partial charge in [0.15, 0.2) is 0 Å². The molecule has 0 aliphatic carbocycles. The van der Waals surface area contributed by atoms with Crippen molar-refractivity contribution in [3.63, 3.8) is 0 Å². The van der Waals surface area contributed by atoms with E-state index in [9.17, 15) is 9.59 Å². The molecule has 2 amide bonds. The molecule has 2 heterocycles. The number of rotatable bonds is 5. The Hall–Kier alpha value is -2.66. The van der Waals surface area contributed by atoms with Gasteiger partial charge in [0, 0.05) is 32.4 Å². The average molecular weight is 434 g/mol. The van der Waals surface area contributed by atoms with Crippen LogP contribution >= 0.6 is 0 Å². The van der Waals surface area contributed by atoms with E-state index in [2.05, 4.69) is 55.7 Å². The molecular formula is C27H35N3O2. The van der Waals surface area contributed by atoms with Gasteiger partial charge in [-0.05, 0) is 29.4 Å². The molecule has 2 aliphatic heterocycles. The van der Waals surface area contributed by atoms with E-state index in [4.69, 9.17) is 0 Å². The van der Waals surface area contributed by atoms with E-state index in [0.29, 0.717) is 32.4 Å². The molecule has 0 unspecified atom stereocenters. The second-order valence-corrected chi connectivity index (χ2v) is 10.7. The van der Waals surface area contributed by atoms with E-state index in [1.807, 2.05) is 41.3 Å². The minimum Gasteiger partial charge on any atom is -0.342 e. The van der Waals surface area contributed by atoms with Crippen LogP contribution in [-0.4, -0.2) is 41.0 Å². The number of nitrogens with zero attached hydrogens (tertiary/aromatic N) is 1. The lowest BCUT2D eigenvalue weighted by molar-refractivity contribution is -0.134. The standard InChI is InChI=1S/C27H35N3O2/c1-25(2,3)20-23(31)30-16-14-27(15-17-30)28-24(32)26(29-27,18-21-10-6-4-7-11-21)19-22-12-8-5-9-13-22/h4-13,29H,14-20H2,1-3H3,(H,28,32). The number of amides is 2. The summed E-state index contributed by atoms with van der Waals surface area (Å²) >= 11 is 0. The van der Waals surface area contributed by atoms with Crippen molar-refractivity contribution < 1.29 is 9.59 Å². The van der Waals surface area contributed by atoms with E-state index in [1.165, 1.54) is 0 Å². The summed E-state index contributed by atoms with van der Waals surface area (Å²) in [4.78, 5) is 28.2. The first-order valence-electron chi connectivity index (χ1n) is 11.7. The summed E-state index contributed by atoms with van der Waals surface area (Å²) in [5.74, 6) is 0.260. The maximum absolute atomic E-state index is 13.5. The molecule has 1 spiro atoms. The third-order valence-corrected chi connectivity index (χ3v) is 6.61. The van der Waals surface area contributed by atoms with E-state index >= 15 is 0 Å². The van der Waals surface area contributed by atoms with Crippen LogP contribution < -0.4 is 10.6 Å². The Balaban J connectivity index is 1.53. The molecule has 0 aromatic heterocycles. The molecular weight excluding hydrogens is 398 g/mol. The number of piperidine rings is 1. The van der Waals surface area contributed by atoms with Crippen LogP contribution in [0.4, 0.5) is 0 Å². The van der Waals surface area contributed by atoms with Gasteiger partial charge in [0.1, 0.15) is 5.54 Å². The number of likely N-dealkylation sites (tertiary alicyclic amines) is 1. The molecule has 0 bridgehead atoms. The first kappa shape index (κ1) is 22.5. The summed E-state index contributed by atoms with van der Waals surface area (Å²) in [5.41, 5.74) is 1.09. The van der Waals surface area contributed by atoms with Crippen LogP contribution in [0.3, 0.4) is 0 Å². The Morgan fingerprint density at radius 1 is 0.906 bits per heavy atom. The second-order valence-electron chi connectivity index (χ2n) is 10.7. The van der Waals surface area contributed by atoms with Crippen molar-refractivity contribution >= 4 is 11.8 Å². The summed E-state index contributed by atoms with van der Waals surface area (Å²) in [6.07, 6.45) is 3.25. The molecule has 2 N–H and O–H groups in total. The SMILES string of the molecule is CC(C)(C)CC(=O)N1CCC2(CC1)NC(=O)C(Cc1ccccc1)(Cc1ccccc1)N2. The quantitative estimate of drug-likeness (QED) is 0.756. The van der Waals surface area contributed by atoms with Gasteiger partial charge in [-0.2, -0.15) is 0 Å². The van der Waals surface area contributed by atoms with Crippen LogP contribution in [0.15, 0.2) is 60.7 Å². The first-order chi connectivity index (χ1) is 15.2. The Kier molecular flexibility index (Phi) is 6.13. The lowest BCUT2D eigenvalue weighted by Crippen LogP contribution is -2.60. The molecule has 32 heavy (non-hydrogen) atoms. The molecule has 2 aliphatic rings. The van der Waals surface area contributed by atoms with Crippen LogP contribution in [-0.2, 0) is 22.4 Å². The van der Waals surface area contributed by atoms with E-state index in [-0.39, 0.29) is 17.2 Å². The number of hydrogen-bond acceptors (Lipinski definition) is 3. The van der Waals surface area contributed by atoms with Crippen molar-refractivity contribution in [3.8, 4) is 0 Å². The van der Waals surface area contributed by atoms with Gasteiger partial charge in [0.2, 0.25) is 11.8 Å². The Morgan fingerprint density at radius 3 is 1.88 bits per heavy atom. The first-order valence-corrected chi connectivity index (χ1v) is 11.7. The fourth-order valence-electron chi connectivity index (χ4n) is 5.04. The smallest absolute Gasteiger partial charge is 0.242 e. The normalized spacial score (nSPS) is 19.7. The zero-order valence-corrected chi connectivity index (χ0v) is 19.5. The largest absolute Gasteiger partial charge is 0.342 e. The van der Waals surface area contributed by atoms with Gasteiger partial charge in [0.25, 0.3) is 0 Å². The minimum absolute atomic E-state index is 0.0213. The van der Waals surface area contributed by atoms with Gasteiger partial charge in [-0.15, -0.1) is 0 Å². The fraction of sp³-hybridized carbons (Fsp3) is 0.481. The molecule has 4 rings (SSSR count). The number of nitrogens with one attached hydrogen (secondary N) is 2. The Morgan fingerprint density at radius 2 is 1.41 bits per heavy atom. The summed E-state index contributed by atoms with van der Waals surface area (Å²) < 4.78 is 0. The lowest BCUT2D eigenvalue weighted by atomic mass is 9.84. The van der Waals surface area contributed by atoms with Crippen molar-refractivity contribution in [1.82, 2.24) is 15.5 Å². The highest BCUT2D eigenvalue weighted by atomic mass is 16.2. The van der Waals surface area contributed by atoms with Crippen LogP contribution in [0.5, 0.6) is 0 Å². The summed E-state index contributed by atoms with van der Waals surface area (Å²) in [7, 11) is 0. The molecule has 0 saturated carbocycles. The van der Waals surface area contributed by atoms with E-state index in [1.54, 1.807) is 0 Å². The van der Waals surface area contributed by atoms with Crippen LogP contribution in [0.1, 0.15) is 51.2 Å². The Labute approximate surface area is 191 Å². The molecule has 5 heteroatoms. The summed E-state index contributed by atoms with van der Waals surface area (Å²) in [5, 5.41) is 7.10. The molecule has 2 fully saturated rings. The van der Waals surface area contributed by atoms with Crippen molar-refractivity contribution in [2.75, 3.05) is 13.1 Å². The number of benzene rings is 2. The van der Waals surface area contributed by atoms with Gasteiger partial charge >= 0.3 is 0 Å². The van der Waals surface area contributed by atoms with Crippen LogP contribution in [0, 0.1) is 5.41 Å². The Bertz CT molecular complexity index is 900. The molecule has 0 atom stereocenters. The zero-order valence-electron chi connectivity index (χ0n) is 19.5. The van der Waals surface area contributed by atoms with Crippen LogP contribution in [0.2, 0.25) is 0 Å². The topological polar surface area (TPSA) is 61.4 Å². The zero-order chi connectivity index (χ0) is 22.8. The van der Waals surface area contributed by atoms with Crippen molar-refractivity contribution in [3.05, 3.63) is 71.8 Å². The number of hydrogen-bond donors (Lipinski definition) is 2. The van der Waals surface area contributed by atoms with Crippen molar-refractivity contribution in [2.45, 2.75) is 64.1 Å². The summed E-state index contributed by atoms with van der Waals surface area (Å²) in [6.45, 7) is 7.60. The molecule has 2 saturated heterocycles. The minimum atomic E-state index is -0.708. The van der Waals surface area contributed by atoms with Gasteiger partial charge in [-0.3, -0.25) is 14.9 Å². The van der Waals surface area contributed by atoms with E-state index in [0.717, 1.165) is 24.0 Å². The predicted molar refractivity (Wildman–Crippen MR) is 127 cm³/mol. The molecule has 2 aromatic rings. The molecule has 2 aromatic carbocycles. The van der Waals surface area contributed by atoms with E-state index < -0.39 is 11.2 Å². The highest BCUT2D eigenvalue weighted by molar-refractivity contribution is 5.90. The third-order valence-electron chi connectivity index (χ3n) is 6.61. The maximum atomic E-state index is 13.5. The molecule has 0 radical (unpaired) electrons. The summed E-state index contributed by atoms with van der Waals surface area (Å²) in [6, 6.07) is 20.4. The average Bonchev–Trinajstić information content (AvgIpc) is 2.99. The van der Waals surface area contributed by atoms with Gasteiger partial charge in [0.05, 0.1) is 5.66 Å². The highest BCUT2D eigenvalue weighted by Crippen LogP contribution is 2.33. The maximum Gasteiger partial charge on any atom is 0.242 e. The van der Waals surface area contributed by atoms with Crippen molar-refractivity contribution in [1.29, 1.82) is 0 Å². The van der Waals surface area contributed by atoms with Crippen molar-refractivity contribution in [2.24, 2.45) is 5.41 Å².